The number of rotatable bonds is 3. The minimum atomic E-state index is -0.349. The van der Waals surface area contributed by atoms with Crippen molar-refractivity contribution in [3.63, 3.8) is 0 Å². The number of benzene rings is 1. The van der Waals surface area contributed by atoms with Crippen molar-refractivity contribution in [3.8, 4) is 0 Å². The number of hydrogen-bond acceptors (Lipinski definition) is 3. The fourth-order valence-corrected chi connectivity index (χ4v) is 2.82. The molecule has 1 aliphatic heterocycles. The van der Waals surface area contributed by atoms with Crippen LogP contribution in [0.3, 0.4) is 0 Å². The molecule has 3 rings (SSSR count). The fraction of sp³-hybridized carbons (Fsp3) is 0.500. The maximum absolute atomic E-state index is 12.7. The summed E-state index contributed by atoms with van der Waals surface area (Å²) < 4.78 is 0. The lowest BCUT2D eigenvalue weighted by Gasteiger charge is -2.24. The Kier molecular flexibility index (Phi) is 3.57. The molecule has 2 fully saturated rings. The van der Waals surface area contributed by atoms with Crippen molar-refractivity contribution in [2.24, 2.45) is 0 Å². The number of anilines is 1. The molecule has 1 aliphatic carbocycles. The summed E-state index contributed by atoms with van der Waals surface area (Å²) in [5.74, 6) is -0.153. The standard InChI is InChI=1S/C16H21N3O2/c1-10-4-7-13(17)12(9-10)16(21)19-8-2-3-14(19)15(20)18-11-5-6-11/h4,7,9,11,14H,2-3,5-6,8,17H2,1H3,(H,18,20). The Morgan fingerprint density at radius 3 is 2.76 bits per heavy atom. The molecule has 5 heteroatoms. The van der Waals surface area contributed by atoms with E-state index in [4.69, 9.17) is 5.73 Å². The van der Waals surface area contributed by atoms with Crippen LogP contribution < -0.4 is 11.1 Å². The van der Waals surface area contributed by atoms with Gasteiger partial charge in [-0.1, -0.05) is 11.6 Å². The third kappa shape index (κ3) is 2.86. The third-order valence-electron chi connectivity index (χ3n) is 4.18. The molecule has 0 bridgehead atoms. The van der Waals surface area contributed by atoms with E-state index in [9.17, 15) is 9.59 Å². The number of nitrogens with zero attached hydrogens (tertiary/aromatic N) is 1. The summed E-state index contributed by atoms with van der Waals surface area (Å²) in [6.07, 6.45) is 3.70. The minimum absolute atomic E-state index is 0.0189. The van der Waals surface area contributed by atoms with Gasteiger partial charge in [-0.25, -0.2) is 0 Å². The van der Waals surface area contributed by atoms with Crippen molar-refractivity contribution in [2.75, 3.05) is 12.3 Å². The Balaban J connectivity index is 1.78. The predicted octanol–water partition coefficient (Wildman–Crippen LogP) is 1.46. The van der Waals surface area contributed by atoms with Gasteiger partial charge in [0, 0.05) is 18.3 Å². The third-order valence-corrected chi connectivity index (χ3v) is 4.18. The van der Waals surface area contributed by atoms with Gasteiger partial charge in [-0.05, 0) is 44.7 Å². The van der Waals surface area contributed by atoms with Crippen molar-refractivity contribution in [1.29, 1.82) is 0 Å². The average Bonchev–Trinajstić information content (AvgIpc) is 3.13. The molecule has 0 aromatic heterocycles. The number of likely N-dealkylation sites (tertiary alicyclic amines) is 1. The van der Waals surface area contributed by atoms with E-state index in [0.29, 0.717) is 23.8 Å². The monoisotopic (exact) mass is 287 g/mol. The molecule has 1 heterocycles. The molecule has 1 saturated heterocycles. The largest absolute Gasteiger partial charge is 0.398 e. The minimum Gasteiger partial charge on any atom is -0.398 e. The van der Waals surface area contributed by atoms with Gasteiger partial charge in [0.1, 0.15) is 6.04 Å². The smallest absolute Gasteiger partial charge is 0.256 e. The molecule has 0 radical (unpaired) electrons. The summed E-state index contributed by atoms with van der Waals surface area (Å²) in [5, 5.41) is 2.99. The van der Waals surface area contributed by atoms with Crippen molar-refractivity contribution in [2.45, 2.75) is 44.7 Å². The van der Waals surface area contributed by atoms with Crippen LogP contribution in [0.2, 0.25) is 0 Å². The number of nitrogen functional groups attached to an aromatic ring is 1. The van der Waals surface area contributed by atoms with Crippen LogP contribution in [0, 0.1) is 6.92 Å². The van der Waals surface area contributed by atoms with Crippen LogP contribution in [0.4, 0.5) is 5.69 Å². The Morgan fingerprint density at radius 2 is 2.05 bits per heavy atom. The van der Waals surface area contributed by atoms with Crippen molar-refractivity contribution in [3.05, 3.63) is 29.3 Å². The quantitative estimate of drug-likeness (QED) is 0.826. The molecule has 1 unspecified atom stereocenters. The molecule has 3 N–H and O–H groups in total. The summed E-state index contributed by atoms with van der Waals surface area (Å²) in [5.41, 5.74) is 7.89. The van der Waals surface area contributed by atoms with E-state index in [-0.39, 0.29) is 17.9 Å². The Bertz CT molecular complexity index is 581. The van der Waals surface area contributed by atoms with Gasteiger partial charge < -0.3 is 16.0 Å². The van der Waals surface area contributed by atoms with Crippen molar-refractivity contribution in [1.82, 2.24) is 10.2 Å². The van der Waals surface area contributed by atoms with E-state index in [1.807, 2.05) is 13.0 Å². The van der Waals surface area contributed by atoms with Crippen LogP contribution in [0.1, 0.15) is 41.6 Å². The first-order valence-electron chi connectivity index (χ1n) is 7.54. The highest BCUT2D eigenvalue weighted by molar-refractivity contribution is 6.01. The number of hydrogen-bond donors (Lipinski definition) is 2. The van der Waals surface area contributed by atoms with Crippen LogP contribution in [0.15, 0.2) is 18.2 Å². The van der Waals surface area contributed by atoms with Crippen LogP contribution in [-0.4, -0.2) is 35.3 Å². The molecule has 1 saturated carbocycles. The average molecular weight is 287 g/mol. The molecular weight excluding hydrogens is 266 g/mol. The second-order valence-electron chi connectivity index (χ2n) is 6.03. The van der Waals surface area contributed by atoms with E-state index in [1.165, 1.54) is 0 Å². The fourth-order valence-electron chi connectivity index (χ4n) is 2.82. The summed E-state index contributed by atoms with van der Waals surface area (Å²) in [6.45, 7) is 2.55. The highest BCUT2D eigenvalue weighted by Crippen LogP contribution is 2.25. The molecule has 2 amide bonds. The van der Waals surface area contributed by atoms with Gasteiger partial charge >= 0.3 is 0 Å². The maximum Gasteiger partial charge on any atom is 0.256 e. The van der Waals surface area contributed by atoms with Gasteiger partial charge in [0.25, 0.3) is 5.91 Å². The van der Waals surface area contributed by atoms with E-state index in [1.54, 1.807) is 17.0 Å². The van der Waals surface area contributed by atoms with Gasteiger partial charge in [0.05, 0.1) is 5.56 Å². The number of aryl methyl sites for hydroxylation is 1. The van der Waals surface area contributed by atoms with Gasteiger partial charge in [0.15, 0.2) is 0 Å². The lowest BCUT2D eigenvalue weighted by molar-refractivity contribution is -0.125. The van der Waals surface area contributed by atoms with Crippen LogP contribution in [0.25, 0.3) is 0 Å². The van der Waals surface area contributed by atoms with Gasteiger partial charge in [0.2, 0.25) is 5.91 Å². The zero-order valence-electron chi connectivity index (χ0n) is 12.3. The van der Waals surface area contributed by atoms with Crippen LogP contribution in [0.5, 0.6) is 0 Å². The molecular formula is C16H21N3O2. The summed E-state index contributed by atoms with van der Waals surface area (Å²) in [4.78, 5) is 26.6. The molecule has 1 atom stereocenters. The Hall–Kier alpha value is -2.04. The number of nitrogens with two attached hydrogens (primary N) is 1. The van der Waals surface area contributed by atoms with Crippen molar-refractivity contribution < 1.29 is 9.59 Å². The van der Waals surface area contributed by atoms with Gasteiger partial charge in [-0.3, -0.25) is 9.59 Å². The molecule has 1 aromatic rings. The van der Waals surface area contributed by atoms with E-state index in [2.05, 4.69) is 5.32 Å². The summed E-state index contributed by atoms with van der Waals surface area (Å²) in [7, 11) is 0. The van der Waals surface area contributed by atoms with Gasteiger partial charge in [-0.2, -0.15) is 0 Å². The second kappa shape index (κ2) is 5.39. The first-order valence-corrected chi connectivity index (χ1v) is 7.54. The molecule has 2 aliphatic rings. The molecule has 5 nitrogen and oxygen atoms in total. The summed E-state index contributed by atoms with van der Waals surface area (Å²) >= 11 is 0. The number of nitrogens with one attached hydrogen (secondary N) is 1. The lowest BCUT2D eigenvalue weighted by Crippen LogP contribution is -2.46. The molecule has 21 heavy (non-hydrogen) atoms. The van der Waals surface area contributed by atoms with E-state index in [0.717, 1.165) is 31.2 Å². The SMILES string of the molecule is Cc1ccc(N)c(C(=O)N2CCCC2C(=O)NC2CC2)c1. The highest BCUT2D eigenvalue weighted by Gasteiger charge is 2.37. The van der Waals surface area contributed by atoms with Gasteiger partial charge in [-0.15, -0.1) is 0 Å². The lowest BCUT2D eigenvalue weighted by atomic mass is 10.1. The topological polar surface area (TPSA) is 75.4 Å². The molecule has 1 aromatic carbocycles. The zero-order chi connectivity index (χ0) is 15.0. The number of carbonyl (C=O) groups excluding carboxylic acids is 2. The molecule has 112 valence electrons. The summed E-state index contributed by atoms with van der Waals surface area (Å²) in [6, 6.07) is 5.40. The first-order chi connectivity index (χ1) is 10.1. The van der Waals surface area contributed by atoms with Crippen molar-refractivity contribution >= 4 is 17.5 Å². The predicted molar refractivity (Wildman–Crippen MR) is 80.8 cm³/mol. The highest BCUT2D eigenvalue weighted by atomic mass is 16.2. The first kappa shape index (κ1) is 13.9. The Labute approximate surface area is 124 Å². The number of amides is 2. The Morgan fingerprint density at radius 1 is 1.29 bits per heavy atom. The maximum atomic E-state index is 12.7. The normalized spacial score (nSPS) is 21.4. The molecule has 0 spiro atoms. The number of carbonyl (C=O) groups is 2. The second-order valence-corrected chi connectivity index (χ2v) is 6.03. The van der Waals surface area contributed by atoms with Crippen LogP contribution >= 0.6 is 0 Å². The van der Waals surface area contributed by atoms with E-state index >= 15 is 0 Å². The van der Waals surface area contributed by atoms with E-state index < -0.39 is 0 Å². The zero-order valence-corrected chi connectivity index (χ0v) is 12.3. The van der Waals surface area contributed by atoms with Crippen LogP contribution in [-0.2, 0) is 4.79 Å².